The number of fused-ring (bicyclic) bond motifs is 1. The zero-order chi connectivity index (χ0) is 17.1. The van der Waals surface area contributed by atoms with Gasteiger partial charge in [-0.05, 0) is 30.4 Å². The molecule has 0 aliphatic heterocycles. The molecule has 0 saturated heterocycles. The van der Waals surface area contributed by atoms with Gasteiger partial charge in [-0.1, -0.05) is 41.9 Å². The standard InChI is InChI=1S/C19H20ClN3O/c1-13(22-19(24)10-7-14-11-21-12-23(14)2)15-8-9-18(20)17-6-4-3-5-16(15)17/h3-6,8-9,11-13H,7,10H2,1-2H3,(H,22,24)/t13-/m1/s1. The fourth-order valence-electron chi connectivity index (χ4n) is 2.92. The van der Waals surface area contributed by atoms with E-state index in [2.05, 4.69) is 10.3 Å². The monoisotopic (exact) mass is 341 g/mol. The summed E-state index contributed by atoms with van der Waals surface area (Å²) in [6.07, 6.45) is 4.66. The minimum absolute atomic E-state index is 0.0303. The Bertz CT molecular complexity index is 872. The van der Waals surface area contributed by atoms with E-state index >= 15 is 0 Å². The predicted octanol–water partition coefficient (Wildman–Crippen LogP) is 4.04. The van der Waals surface area contributed by atoms with Crippen molar-refractivity contribution in [2.24, 2.45) is 7.05 Å². The van der Waals surface area contributed by atoms with Gasteiger partial charge >= 0.3 is 0 Å². The van der Waals surface area contributed by atoms with Crippen LogP contribution in [0.15, 0.2) is 48.9 Å². The molecule has 0 saturated carbocycles. The van der Waals surface area contributed by atoms with Gasteiger partial charge in [-0.15, -0.1) is 0 Å². The van der Waals surface area contributed by atoms with Gasteiger partial charge in [0.1, 0.15) is 0 Å². The average Bonchev–Trinajstić information content (AvgIpc) is 2.98. The van der Waals surface area contributed by atoms with Gasteiger partial charge in [-0.3, -0.25) is 4.79 Å². The molecule has 1 aromatic heterocycles. The van der Waals surface area contributed by atoms with Crippen LogP contribution in [0.25, 0.3) is 10.8 Å². The van der Waals surface area contributed by atoms with Gasteiger partial charge in [0.05, 0.1) is 12.4 Å². The van der Waals surface area contributed by atoms with Crippen molar-refractivity contribution in [3.8, 4) is 0 Å². The van der Waals surface area contributed by atoms with E-state index in [1.807, 2.05) is 54.9 Å². The van der Waals surface area contributed by atoms with Crippen molar-refractivity contribution in [2.45, 2.75) is 25.8 Å². The summed E-state index contributed by atoms with van der Waals surface area (Å²) in [6.45, 7) is 2.00. The van der Waals surface area contributed by atoms with Crippen molar-refractivity contribution in [1.29, 1.82) is 0 Å². The number of aromatic nitrogens is 2. The zero-order valence-electron chi connectivity index (χ0n) is 13.8. The summed E-state index contributed by atoms with van der Waals surface area (Å²) in [7, 11) is 1.93. The molecule has 1 atom stereocenters. The Morgan fingerprint density at radius 1 is 1.25 bits per heavy atom. The maximum atomic E-state index is 12.3. The van der Waals surface area contributed by atoms with Crippen LogP contribution >= 0.6 is 11.6 Å². The van der Waals surface area contributed by atoms with E-state index in [-0.39, 0.29) is 11.9 Å². The Balaban J connectivity index is 1.71. The fraction of sp³-hybridized carbons (Fsp3) is 0.263. The zero-order valence-corrected chi connectivity index (χ0v) is 14.5. The number of nitrogens with one attached hydrogen (secondary N) is 1. The average molecular weight is 342 g/mol. The van der Waals surface area contributed by atoms with Crippen molar-refractivity contribution in [3.63, 3.8) is 0 Å². The molecule has 0 radical (unpaired) electrons. The third kappa shape index (κ3) is 3.44. The van der Waals surface area contributed by atoms with E-state index in [1.54, 1.807) is 12.5 Å². The molecule has 3 rings (SSSR count). The lowest BCUT2D eigenvalue weighted by Crippen LogP contribution is -2.27. The van der Waals surface area contributed by atoms with E-state index in [4.69, 9.17) is 11.6 Å². The quantitative estimate of drug-likeness (QED) is 0.761. The first-order valence-corrected chi connectivity index (χ1v) is 8.36. The highest BCUT2D eigenvalue weighted by Gasteiger charge is 2.14. The third-order valence-electron chi connectivity index (χ3n) is 4.27. The lowest BCUT2D eigenvalue weighted by Gasteiger charge is -2.17. The largest absolute Gasteiger partial charge is 0.350 e. The third-order valence-corrected chi connectivity index (χ3v) is 4.60. The number of benzene rings is 2. The Kier molecular flexibility index (Phi) is 4.86. The summed E-state index contributed by atoms with van der Waals surface area (Å²) in [5.74, 6) is 0.0303. The number of imidazole rings is 1. The Morgan fingerprint density at radius 3 is 2.71 bits per heavy atom. The van der Waals surface area contributed by atoms with Gasteiger partial charge in [0.25, 0.3) is 0 Å². The van der Waals surface area contributed by atoms with Crippen molar-refractivity contribution in [2.75, 3.05) is 0 Å². The van der Waals surface area contributed by atoms with E-state index in [9.17, 15) is 4.79 Å². The van der Waals surface area contributed by atoms with Gasteiger partial charge in [0, 0.05) is 35.8 Å². The number of rotatable bonds is 5. The molecule has 1 heterocycles. The van der Waals surface area contributed by atoms with Crippen LogP contribution in [0.1, 0.15) is 30.6 Å². The molecule has 4 nitrogen and oxygen atoms in total. The second kappa shape index (κ2) is 7.05. The number of hydrogen-bond acceptors (Lipinski definition) is 2. The first kappa shape index (κ1) is 16.5. The molecule has 0 unspecified atom stereocenters. The van der Waals surface area contributed by atoms with E-state index in [0.717, 1.165) is 27.1 Å². The van der Waals surface area contributed by atoms with Gasteiger partial charge in [-0.2, -0.15) is 0 Å². The number of nitrogens with zero attached hydrogens (tertiary/aromatic N) is 2. The first-order valence-electron chi connectivity index (χ1n) is 7.98. The van der Waals surface area contributed by atoms with Crippen LogP contribution in [0, 0.1) is 0 Å². The van der Waals surface area contributed by atoms with Crippen molar-refractivity contribution in [1.82, 2.24) is 14.9 Å². The number of halogens is 1. The maximum Gasteiger partial charge on any atom is 0.220 e. The summed E-state index contributed by atoms with van der Waals surface area (Å²) < 4.78 is 1.93. The van der Waals surface area contributed by atoms with Crippen LogP contribution in [0.2, 0.25) is 5.02 Å². The van der Waals surface area contributed by atoms with Crippen LogP contribution in [-0.4, -0.2) is 15.5 Å². The van der Waals surface area contributed by atoms with Crippen LogP contribution in [-0.2, 0) is 18.3 Å². The number of aryl methyl sites for hydroxylation is 2. The predicted molar refractivity (Wildman–Crippen MR) is 97.0 cm³/mol. The molecular formula is C19H20ClN3O. The summed E-state index contributed by atoms with van der Waals surface area (Å²) in [5.41, 5.74) is 2.12. The Hall–Kier alpha value is -2.33. The van der Waals surface area contributed by atoms with Gasteiger partial charge < -0.3 is 9.88 Å². The highest BCUT2D eigenvalue weighted by Crippen LogP contribution is 2.29. The first-order chi connectivity index (χ1) is 11.6. The second-order valence-corrected chi connectivity index (χ2v) is 6.37. The molecule has 0 aliphatic carbocycles. The normalized spacial score (nSPS) is 12.3. The number of carbonyl (C=O) groups is 1. The fourth-order valence-corrected chi connectivity index (χ4v) is 3.15. The van der Waals surface area contributed by atoms with Crippen molar-refractivity contribution < 1.29 is 4.79 Å². The van der Waals surface area contributed by atoms with Crippen molar-refractivity contribution in [3.05, 3.63) is 65.2 Å². The second-order valence-electron chi connectivity index (χ2n) is 5.97. The van der Waals surface area contributed by atoms with Gasteiger partial charge in [0.2, 0.25) is 5.91 Å². The maximum absolute atomic E-state index is 12.3. The molecule has 0 spiro atoms. The Morgan fingerprint density at radius 2 is 2.00 bits per heavy atom. The highest BCUT2D eigenvalue weighted by molar-refractivity contribution is 6.35. The molecule has 1 N–H and O–H groups in total. The van der Waals surface area contributed by atoms with Crippen LogP contribution in [0.3, 0.4) is 0 Å². The van der Waals surface area contributed by atoms with Gasteiger partial charge in [0.15, 0.2) is 0 Å². The molecule has 3 aromatic rings. The summed E-state index contributed by atoms with van der Waals surface area (Å²) in [5, 5.41) is 5.88. The molecule has 0 aliphatic rings. The summed E-state index contributed by atoms with van der Waals surface area (Å²) in [4.78, 5) is 16.3. The van der Waals surface area contributed by atoms with E-state index in [0.29, 0.717) is 12.8 Å². The molecule has 2 aromatic carbocycles. The summed E-state index contributed by atoms with van der Waals surface area (Å²) in [6, 6.07) is 11.8. The smallest absolute Gasteiger partial charge is 0.220 e. The molecule has 24 heavy (non-hydrogen) atoms. The summed E-state index contributed by atoms with van der Waals surface area (Å²) >= 11 is 6.27. The van der Waals surface area contributed by atoms with E-state index < -0.39 is 0 Å². The lowest BCUT2D eigenvalue weighted by molar-refractivity contribution is -0.121. The highest BCUT2D eigenvalue weighted by atomic mass is 35.5. The molecule has 1 amide bonds. The number of amides is 1. The number of hydrogen-bond donors (Lipinski definition) is 1. The van der Waals surface area contributed by atoms with Crippen LogP contribution in [0.5, 0.6) is 0 Å². The SMILES string of the molecule is C[C@@H](NC(=O)CCc1cncn1C)c1ccc(Cl)c2ccccc12. The van der Waals surface area contributed by atoms with Crippen LogP contribution < -0.4 is 5.32 Å². The Labute approximate surface area is 146 Å². The van der Waals surface area contributed by atoms with Crippen molar-refractivity contribution >= 4 is 28.3 Å². The minimum atomic E-state index is -0.0776. The van der Waals surface area contributed by atoms with Crippen LogP contribution in [0.4, 0.5) is 0 Å². The lowest BCUT2D eigenvalue weighted by atomic mass is 9.99. The topological polar surface area (TPSA) is 46.9 Å². The van der Waals surface area contributed by atoms with E-state index in [1.165, 1.54) is 0 Å². The molecule has 0 bridgehead atoms. The molecule has 5 heteroatoms. The molecular weight excluding hydrogens is 322 g/mol. The molecule has 0 fully saturated rings. The van der Waals surface area contributed by atoms with Gasteiger partial charge in [-0.25, -0.2) is 4.98 Å². The number of carbonyl (C=O) groups excluding carboxylic acids is 1. The molecule has 124 valence electrons. The minimum Gasteiger partial charge on any atom is -0.350 e.